The Bertz CT molecular complexity index is 1600. The summed E-state index contributed by atoms with van der Waals surface area (Å²) < 4.78 is 31.4. The fraction of sp³-hybridized carbons (Fsp3) is 0.333. The van der Waals surface area contributed by atoms with Gasteiger partial charge in [0, 0.05) is 22.9 Å². The lowest BCUT2D eigenvalue weighted by atomic mass is 9.94. The van der Waals surface area contributed by atoms with Crippen molar-refractivity contribution in [2.45, 2.75) is 38.6 Å². The van der Waals surface area contributed by atoms with E-state index in [-0.39, 0.29) is 39.7 Å². The van der Waals surface area contributed by atoms with Gasteiger partial charge in [0.25, 0.3) is 5.56 Å². The van der Waals surface area contributed by atoms with E-state index in [1.807, 2.05) is 12.1 Å². The Balaban J connectivity index is 1.48. The van der Waals surface area contributed by atoms with Crippen LogP contribution in [0.25, 0.3) is 22.2 Å². The second kappa shape index (κ2) is 10.2. The first-order chi connectivity index (χ1) is 18.2. The van der Waals surface area contributed by atoms with Crippen LogP contribution in [0.5, 0.6) is 0 Å². The summed E-state index contributed by atoms with van der Waals surface area (Å²) in [5, 5.41) is 20.9. The number of fused-ring (bicyclic) bond motifs is 1. The smallest absolute Gasteiger partial charge is 0.269 e. The van der Waals surface area contributed by atoms with Gasteiger partial charge < -0.3 is 14.8 Å². The number of likely N-dealkylation sites (tertiary alicyclic amines) is 1. The average molecular weight is 517 g/mol. The van der Waals surface area contributed by atoms with E-state index < -0.39 is 17.2 Å². The van der Waals surface area contributed by atoms with Gasteiger partial charge in [-0.2, -0.15) is 10.4 Å². The van der Waals surface area contributed by atoms with Crippen LogP contribution in [0.3, 0.4) is 0 Å². The van der Waals surface area contributed by atoms with Gasteiger partial charge in [-0.3, -0.25) is 4.79 Å². The fourth-order valence-electron chi connectivity index (χ4n) is 4.80. The minimum atomic E-state index is -0.759. The van der Waals surface area contributed by atoms with Crippen LogP contribution >= 0.6 is 0 Å². The minimum Gasteiger partial charge on any atom is -0.307 e. The van der Waals surface area contributed by atoms with E-state index >= 15 is 4.39 Å². The fourth-order valence-corrected chi connectivity index (χ4v) is 4.80. The molecule has 0 atom stereocenters. The molecule has 1 saturated heterocycles. The highest BCUT2D eigenvalue weighted by Crippen LogP contribution is 2.30. The number of anilines is 2. The number of aromatic nitrogens is 5. The first-order valence-electron chi connectivity index (χ1n) is 12.4. The molecule has 194 valence electrons. The molecule has 9 nitrogen and oxygen atoms in total. The predicted octanol–water partition coefficient (Wildman–Crippen LogP) is 4.53. The number of benzene rings is 1. The molecule has 38 heavy (non-hydrogen) atoms. The van der Waals surface area contributed by atoms with Crippen molar-refractivity contribution in [3.8, 4) is 17.3 Å². The van der Waals surface area contributed by atoms with Crippen molar-refractivity contribution in [3.05, 3.63) is 69.8 Å². The molecular weight excluding hydrogens is 490 g/mol. The zero-order valence-electron chi connectivity index (χ0n) is 21.2. The molecule has 4 heterocycles. The third kappa shape index (κ3) is 4.82. The van der Waals surface area contributed by atoms with Gasteiger partial charge in [0.2, 0.25) is 5.95 Å². The average Bonchev–Trinajstić information content (AvgIpc) is 2.90. The van der Waals surface area contributed by atoms with Gasteiger partial charge in [0.1, 0.15) is 23.1 Å². The maximum absolute atomic E-state index is 15.2. The third-order valence-corrected chi connectivity index (χ3v) is 6.82. The lowest BCUT2D eigenvalue weighted by molar-refractivity contribution is 0.253. The van der Waals surface area contributed by atoms with Crippen molar-refractivity contribution < 1.29 is 8.78 Å². The molecule has 3 aromatic heterocycles. The second-order valence-electron chi connectivity index (χ2n) is 9.77. The van der Waals surface area contributed by atoms with Gasteiger partial charge in [0.15, 0.2) is 11.6 Å². The third-order valence-electron chi connectivity index (χ3n) is 6.82. The molecule has 0 unspecified atom stereocenters. The first-order valence-corrected chi connectivity index (χ1v) is 12.4. The standard InChI is InChI=1S/C27H26F2N8O/c1-15(2)37-23-12-17(11-20(28)19(23)10-18(13-30)26(37)38)25-21(29)14-31-27(33-25)32-24-5-4-22(34-35-24)16-6-8-36(3)9-7-16/h4-5,10-12,14-16H,6-9H2,1-3H3,(H,31,32,33,35). The molecule has 0 bridgehead atoms. The predicted molar refractivity (Wildman–Crippen MR) is 139 cm³/mol. The normalized spacial score (nSPS) is 14.7. The summed E-state index contributed by atoms with van der Waals surface area (Å²) in [6.45, 7) is 5.53. The van der Waals surface area contributed by atoms with Gasteiger partial charge in [-0.05, 0) is 77.2 Å². The van der Waals surface area contributed by atoms with Crippen LogP contribution in [0.15, 0.2) is 41.3 Å². The van der Waals surface area contributed by atoms with Crippen LogP contribution in [0.4, 0.5) is 20.5 Å². The number of piperidine rings is 1. The molecule has 0 radical (unpaired) electrons. The van der Waals surface area contributed by atoms with Crippen LogP contribution in [-0.4, -0.2) is 49.8 Å². The number of rotatable bonds is 5. The van der Waals surface area contributed by atoms with Gasteiger partial charge >= 0.3 is 0 Å². The molecule has 1 aromatic carbocycles. The van der Waals surface area contributed by atoms with Crippen LogP contribution in [-0.2, 0) is 0 Å². The topological polar surface area (TPSA) is 113 Å². The van der Waals surface area contributed by atoms with E-state index in [9.17, 15) is 14.4 Å². The zero-order chi connectivity index (χ0) is 27.0. The lowest BCUT2D eigenvalue weighted by Crippen LogP contribution is -2.29. The molecule has 11 heteroatoms. The van der Waals surface area contributed by atoms with Crippen molar-refractivity contribution in [3.63, 3.8) is 0 Å². The van der Waals surface area contributed by atoms with Crippen LogP contribution in [0.2, 0.25) is 0 Å². The number of hydrogen-bond acceptors (Lipinski definition) is 8. The van der Waals surface area contributed by atoms with Gasteiger partial charge in [0.05, 0.1) is 17.4 Å². The van der Waals surface area contributed by atoms with E-state index in [4.69, 9.17) is 0 Å². The number of nitriles is 1. The van der Waals surface area contributed by atoms with Crippen molar-refractivity contribution in [2.24, 2.45) is 0 Å². The summed E-state index contributed by atoms with van der Waals surface area (Å²) in [6, 6.07) is 8.98. The zero-order valence-corrected chi connectivity index (χ0v) is 21.2. The van der Waals surface area contributed by atoms with Crippen molar-refractivity contribution >= 4 is 22.7 Å². The van der Waals surface area contributed by atoms with Crippen molar-refractivity contribution in [1.82, 2.24) is 29.6 Å². The second-order valence-corrected chi connectivity index (χ2v) is 9.77. The minimum absolute atomic E-state index is 0.0596. The van der Waals surface area contributed by atoms with E-state index in [2.05, 4.69) is 37.4 Å². The monoisotopic (exact) mass is 516 g/mol. The Morgan fingerprint density at radius 2 is 1.87 bits per heavy atom. The largest absolute Gasteiger partial charge is 0.307 e. The van der Waals surface area contributed by atoms with Crippen LogP contribution < -0.4 is 10.9 Å². The van der Waals surface area contributed by atoms with E-state index in [1.54, 1.807) is 19.9 Å². The molecule has 1 aliphatic rings. The van der Waals surface area contributed by atoms with E-state index in [1.165, 1.54) is 16.7 Å². The number of nitrogens with one attached hydrogen (secondary N) is 1. The maximum Gasteiger partial charge on any atom is 0.269 e. The molecule has 1 fully saturated rings. The van der Waals surface area contributed by atoms with Crippen LogP contribution in [0.1, 0.15) is 49.9 Å². The van der Waals surface area contributed by atoms with Gasteiger partial charge in [-0.1, -0.05) is 0 Å². The Kier molecular flexibility index (Phi) is 6.82. The summed E-state index contributed by atoms with van der Waals surface area (Å²) in [7, 11) is 2.10. The highest BCUT2D eigenvalue weighted by Gasteiger charge is 2.21. The highest BCUT2D eigenvalue weighted by atomic mass is 19.1. The highest BCUT2D eigenvalue weighted by molar-refractivity contribution is 5.86. The van der Waals surface area contributed by atoms with E-state index in [0.29, 0.717) is 11.7 Å². The first kappa shape index (κ1) is 25.4. The molecule has 0 amide bonds. The quantitative estimate of drug-likeness (QED) is 0.412. The SMILES string of the molecule is CC(C)n1c(=O)c(C#N)cc2c(F)cc(-c3nc(Nc4ccc(C5CCN(C)CC5)nn4)ncc3F)cc21. The Labute approximate surface area is 217 Å². The lowest BCUT2D eigenvalue weighted by Gasteiger charge is -2.28. The number of hydrogen-bond donors (Lipinski definition) is 1. The number of halogens is 2. The van der Waals surface area contributed by atoms with Gasteiger partial charge in [-0.25, -0.2) is 18.7 Å². The van der Waals surface area contributed by atoms with Crippen molar-refractivity contribution in [2.75, 3.05) is 25.5 Å². The molecule has 0 aliphatic carbocycles. The van der Waals surface area contributed by atoms with E-state index in [0.717, 1.165) is 43.9 Å². The molecule has 4 aromatic rings. The Hall–Kier alpha value is -4.30. The summed E-state index contributed by atoms with van der Waals surface area (Å²) in [4.78, 5) is 23.3. The summed E-state index contributed by atoms with van der Waals surface area (Å²) in [5.41, 5.74) is 0.431. The van der Waals surface area contributed by atoms with Crippen LogP contribution in [0, 0.1) is 23.0 Å². The number of nitrogens with zero attached hydrogens (tertiary/aromatic N) is 7. The summed E-state index contributed by atoms with van der Waals surface area (Å²) in [6.07, 6.45) is 3.03. The van der Waals surface area contributed by atoms with Crippen molar-refractivity contribution in [1.29, 1.82) is 5.26 Å². The molecule has 0 saturated carbocycles. The maximum atomic E-state index is 15.2. The summed E-state index contributed by atoms with van der Waals surface area (Å²) in [5.74, 6) is -0.654. The summed E-state index contributed by atoms with van der Waals surface area (Å²) >= 11 is 0. The van der Waals surface area contributed by atoms with Gasteiger partial charge in [-0.15, -0.1) is 5.10 Å². The Morgan fingerprint density at radius 1 is 1.11 bits per heavy atom. The molecule has 0 spiro atoms. The molecular formula is C27H26F2N8O. The number of pyridine rings is 1. The molecule has 1 N–H and O–H groups in total. The molecule has 5 rings (SSSR count). The Morgan fingerprint density at radius 3 is 2.53 bits per heavy atom. The molecule has 1 aliphatic heterocycles.